The topological polar surface area (TPSA) is 37.3 Å². The van der Waals surface area contributed by atoms with Crippen LogP contribution < -0.4 is 0 Å². The molecule has 0 rings (SSSR count). The molecule has 5 heteroatoms. The fourth-order valence-electron chi connectivity index (χ4n) is 0. The number of carboxylic acid groups (broad SMARTS) is 1. The molecule has 1 N–H and O–H groups in total. The van der Waals surface area contributed by atoms with Crippen LogP contribution in [0.4, 0.5) is 4.79 Å². The second-order valence-electron chi connectivity index (χ2n) is 0.305. The third-order valence-corrected chi connectivity index (χ3v) is 0. The van der Waals surface area contributed by atoms with Crippen molar-refractivity contribution < 1.29 is 9.90 Å². The number of rotatable bonds is 0. The van der Waals surface area contributed by atoms with Crippen molar-refractivity contribution in [1.29, 1.82) is 0 Å². The van der Waals surface area contributed by atoms with Gasteiger partial charge in [-0.2, -0.15) is 0 Å². The van der Waals surface area contributed by atoms with E-state index in [4.69, 9.17) is 9.90 Å². The fourth-order valence-corrected chi connectivity index (χ4v) is 0. The van der Waals surface area contributed by atoms with Gasteiger partial charge >= 0.3 is 73.0 Å². The van der Waals surface area contributed by atoms with Crippen LogP contribution in [0.25, 0.3) is 0 Å². The Morgan fingerprint density at radius 2 is 1.67 bits per heavy atom. The normalized spacial score (nSPS) is 4.17. The fraction of sp³-hybridized carbons (Fsp3) is 0. The predicted octanol–water partition coefficient (Wildman–Crippen LogP) is -1.73. The van der Waals surface area contributed by atoms with E-state index in [1.54, 1.807) is 0 Å². The molecule has 0 heterocycles. The van der Waals surface area contributed by atoms with Crippen LogP contribution >= 0.6 is 0 Å². The SMILES string of the molecule is O=C(O)[AsH].[SbH].[SeH]. The summed E-state index contributed by atoms with van der Waals surface area (Å²) < 4.78 is -0.833. The summed E-state index contributed by atoms with van der Waals surface area (Å²) in [5, 5.41) is 7.42. The Morgan fingerprint density at radius 1 is 1.67 bits per heavy atom. The minimum absolute atomic E-state index is 0. The van der Waals surface area contributed by atoms with Gasteiger partial charge in [-0.1, -0.05) is 0 Å². The Bertz CT molecular complexity index is 36.5. The Balaban J connectivity index is -0.0000000450. The summed E-state index contributed by atoms with van der Waals surface area (Å²) in [5.74, 6) is 0. The minimum atomic E-state index is -0.833. The summed E-state index contributed by atoms with van der Waals surface area (Å²) in [6.07, 6.45) is 0. The molecule has 0 bridgehead atoms. The van der Waals surface area contributed by atoms with Crippen LogP contribution in [0.1, 0.15) is 0 Å². The summed E-state index contributed by atoms with van der Waals surface area (Å²) in [4.78, 5) is 9.00. The first kappa shape index (κ1) is 15.7. The van der Waals surface area contributed by atoms with Crippen LogP contribution in [0.2, 0.25) is 0 Å². The van der Waals surface area contributed by atoms with Gasteiger partial charge in [-0.05, 0) is 0 Å². The van der Waals surface area contributed by atoms with Gasteiger partial charge in [-0.25, -0.2) is 0 Å². The molecule has 0 saturated carbocycles. The molecule has 0 aromatic rings. The number of carbonyl (C=O) groups is 1. The zero-order chi connectivity index (χ0) is 3.58. The molecule has 6 heavy (non-hydrogen) atoms. The van der Waals surface area contributed by atoms with E-state index in [-0.39, 0.29) is 41.5 Å². The third kappa shape index (κ3) is 54.8. The van der Waals surface area contributed by atoms with E-state index in [0.717, 1.165) is 16.9 Å². The Kier molecular flexibility index (Phi) is 25.1. The molecule has 0 aromatic heterocycles. The second-order valence-corrected chi connectivity index (χ2v) is 1.20. The quantitative estimate of drug-likeness (QED) is 0.538. The standard InChI is InChI=1S/CH2AsO2.Sb.HSe.H/c2-1(3)4;;;/h2H,(H,3,4);;1H;. The number of hydrogen-bond acceptors (Lipinski definition) is 1. The predicted molar refractivity (Wildman–Crippen MR) is 29.5 cm³/mol. The zero-order valence-corrected chi connectivity index (χ0v) is 9.63. The summed E-state index contributed by atoms with van der Waals surface area (Å²) >= 11 is 1.08. The van der Waals surface area contributed by atoms with E-state index < -0.39 is 4.76 Å². The van der Waals surface area contributed by atoms with Gasteiger partial charge in [-0.3, -0.25) is 0 Å². The second kappa shape index (κ2) is 9.62. The average molecular weight is 324 g/mol. The van der Waals surface area contributed by atoms with Gasteiger partial charge < -0.3 is 0 Å². The van der Waals surface area contributed by atoms with Crippen molar-refractivity contribution in [1.82, 2.24) is 0 Å². The van der Waals surface area contributed by atoms with Crippen molar-refractivity contribution in [2.45, 2.75) is 0 Å². The zero-order valence-electron chi connectivity index (χ0n) is 2.80. The molecule has 0 saturated heterocycles. The van der Waals surface area contributed by atoms with Gasteiger partial charge in [0.15, 0.2) is 0 Å². The van der Waals surface area contributed by atoms with Gasteiger partial charge in [-0.15, -0.1) is 0 Å². The maximum atomic E-state index is 9.00. The summed E-state index contributed by atoms with van der Waals surface area (Å²) in [6, 6.07) is 0. The van der Waals surface area contributed by atoms with E-state index in [1.807, 2.05) is 0 Å². The molecule has 36 valence electrons. The van der Waals surface area contributed by atoms with Gasteiger partial charge in [0.1, 0.15) is 0 Å². The van der Waals surface area contributed by atoms with Crippen molar-refractivity contribution in [3.63, 3.8) is 0 Å². The Hall–Kier alpha value is 1.37. The molecule has 0 fully saturated rings. The van der Waals surface area contributed by atoms with E-state index in [9.17, 15) is 0 Å². The first-order valence-corrected chi connectivity index (χ1v) is 1.73. The van der Waals surface area contributed by atoms with Crippen LogP contribution in [0.3, 0.4) is 0 Å². The molecule has 0 spiro atoms. The van der Waals surface area contributed by atoms with E-state index in [1.165, 1.54) is 0 Å². The van der Waals surface area contributed by atoms with Crippen LogP contribution in [0, 0.1) is 0 Å². The molecule has 0 aliphatic carbocycles. The molecule has 0 aliphatic rings. The van der Waals surface area contributed by atoms with Gasteiger partial charge in [0.2, 0.25) is 0 Å². The van der Waals surface area contributed by atoms with Crippen LogP contribution in [0.15, 0.2) is 0 Å². The van der Waals surface area contributed by atoms with E-state index in [0.29, 0.717) is 0 Å². The summed E-state index contributed by atoms with van der Waals surface area (Å²) in [7, 11) is 0. The molecule has 2 nitrogen and oxygen atoms in total. The summed E-state index contributed by atoms with van der Waals surface area (Å²) in [5.41, 5.74) is 0. The van der Waals surface area contributed by atoms with Gasteiger partial charge in [0.05, 0.1) is 0 Å². The molecule has 0 unspecified atom stereocenters. The van der Waals surface area contributed by atoms with Crippen molar-refractivity contribution in [3.8, 4) is 0 Å². The van der Waals surface area contributed by atoms with Gasteiger partial charge in [0.25, 0.3) is 0 Å². The van der Waals surface area contributed by atoms with Gasteiger partial charge in [0, 0.05) is 0 Å². The number of hydrogen-bond donors (Lipinski definition) is 1. The van der Waals surface area contributed by atoms with Crippen LogP contribution in [0.5, 0.6) is 0 Å². The Labute approximate surface area is 72.5 Å². The molecular weight excluding hydrogens is 320 g/mol. The molecule has 4 radical (unpaired) electrons. The van der Waals surface area contributed by atoms with Crippen molar-refractivity contribution in [2.75, 3.05) is 0 Å². The van der Waals surface area contributed by atoms with E-state index in [2.05, 4.69) is 0 Å². The molecule has 0 aliphatic heterocycles. The van der Waals surface area contributed by atoms with Crippen LogP contribution in [-0.4, -0.2) is 68.2 Å². The van der Waals surface area contributed by atoms with Crippen molar-refractivity contribution >= 4 is 63.1 Å². The Morgan fingerprint density at radius 3 is 1.67 bits per heavy atom. The van der Waals surface area contributed by atoms with Crippen molar-refractivity contribution in [2.24, 2.45) is 0 Å². The molecule has 0 aromatic carbocycles. The summed E-state index contributed by atoms with van der Waals surface area (Å²) in [6.45, 7) is 0. The monoisotopic (exact) mass is 324 g/mol. The molecular formula is CH4AsO2SbSe. The maximum absolute atomic E-state index is 9.00. The first-order chi connectivity index (χ1) is 1.73. The van der Waals surface area contributed by atoms with Crippen LogP contribution in [-0.2, 0) is 0 Å². The average Bonchev–Trinajstić information content (AvgIpc) is 0.811. The first-order valence-electron chi connectivity index (χ1n) is 0.678. The van der Waals surface area contributed by atoms with E-state index >= 15 is 0 Å². The van der Waals surface area contributed by atoms with Crippen molar-refractivity contribution in [3.05, 3.63) is 0 Å². The molecule has 0 amide bonds. The third-order valence-electron chi connectivity index (χ3n) is 0. The molecule has 0 atom stereocenters.